The van der Waals surface area contributed by atoms with Gasteiger partial charge in [0.15, 0.2) is 0 Å². The molecule has 8 heteroatoms. The van der Waals surface area contributed by atoms with Crippen LogP contribution in [-0.4, -0.2) is 22.9 Å². The normalized spacial score (nSPS) is 15.2. The van der Waals surface area contributed by atoms with Crippen LogP contribution in [0.1, 0.15) is 18.4 Å². The van der Waals surface area contributed by atoms with E-state index < -0.39 is 20.0 Å². The highest BCUT2D eigenvalue weighted by atomic mass is 32.2. The Bertz CT molecular complexity index is 948. The molecule has 0 radical (unpaired) electrons. The van der Waals surface area contributed by atoms with E-state index in [1.54, 1.807) is 24.3 Å². The standard InChI is InChI=1S/C16H18N2O4S2/c1-12-6-10-14(11-7-12)23(19,20)18-15-4-2-3-5-16(15)24(21,22)17-13-8-9-13/h2-7,10-11,13,17-18H,8-9H2,1H3. The highest BCUT2D eigenvalue weighted by Gasteiger charge is 2.30. The number of sulfonamides is 2. The smallest absolute Gasteiger partial charge is 0.261 e. The zero-order valence-electron chi connectivity index (χ0n) is 13.1. The summed E-state index contributed by atoms with van der Waals surface area (Å²) in [6, 6.07) is 12.3. The first-order valence-corrected chi connectivity index (χ1v) is 10.5. The number of aryl methyl sites for hydroxylation is 1. The highest BCUT2D eigenvalue weighted by molar-refractivity contribution is 7.93. The molecule has 6 nitrogen and oxygen atoms in total. The number of anilines is 1. The van der Waals surface area contributed by atoms with Gasteiger partial charge >= 0.3 is 0 Å². The van der Waals surface area contributed by atoms with Crippen molar-refractivity contribution in [1.29, 1.82) is 0 Å². The van der Waals surface area contributed by atoms with Crippen LogP contribution in [0.4, 0.5) is 5.69 Å². The molecule has 2 aromatic carbocycles. The van der Waals surface area contributed by atoms with Crippen molar-refractivity contribution in [3.8, 4) is 0 Å². The largest absolute Gasteiger partial charge is 0.278 e. The topological polar surface area (TPSA) is 92.3 Å². The molecule has 128 valence electrons. The van der Waals surface area contributed by atoms with E-state index in [0.717, 1.165) is 18.4 Å². The monoisotopic (exact) mass is 366 g/mol. The van der Waals surface area contributed by atoms with Gasteiger partial charge in [-0.25, -0.2) is 21.6 Å². The van der Waals surface area contributed by atoms with E-state index >= 15 is 0 Å². The lowest BCUT2D eigenvalue weighted by Crippen LogP contribution is -2.27. The molecular formula is C16H18N2O4S2. The van der Waals surface area contributed by atoms with E-state index in [-0.39, 0.29) is 21.5 Å². The summed E-state index contributed by atoms with van der Waals surface area (Å²) in [6.45, 7) is 1.86. The summed E-state index contributed by atoms with van der Waals surface area (Å²) in [5.41, 5.74) is 0.969. The van der Waals surface area contributed by atoms with Crippen LogP contribution in [0.5, 0.6) is 0 Å². The molecule has 1 aliphatic carbocycles. The molecule has 2 N–H and O–H groups in total. The third-order valence-corrected chi connectivity index (χ3v) is 6.61. The Morgan fingerprint density at radius 2 is 1.50 bits per heavy atom. The van der Waals surface area contributed by atoms with Crippen molar-refractivity contribution in [2.24, 2.45) is 0 Å². The maximum atomic E-state index is 12.5. The average Bonchev–Trinajstić information content (AvgIpc) is 3.31. The summed E-state index contributed by atoms with van der Waals surface area (Å²) in [6.07, 6.45) is 1.60. The molecule has 0 bridgehead atoms. The van der Waals surface area contributed by atoms with Gasteiger partial charge in [0.25, 0.3) is 10.0 Å². The van der Waals surface area contributed by atoms with Gasteiger partial charge in [0.05, 0.1) is 10.6 Å². The van der Waals surface area contributed by atoms with Crippen LogP contribution < -0.4 is 9.44 Å². The second-order valence-electron chi connectivity index (χ2n) is 5.81. The lowest BCUT2D eigenvalue weighted by Gasteiger charge is -2.13. The number of benzene rings is 2. The molecule has 0 spiro atoms. The van der Waals surface area contributed by atoms with Crippen LogP contribution in [0.3, 0.4) is 0 Å². The summed E-state index contributed by atoms with van der Waals surface area (Å²) in [4.78, 5) is 0.00281. The predicted molar refractivity (Wildman–Crippen MR) is 91.8 cm³/mol. The second-order valence-corrected chi connectivity index (χ2v) is 9.18. The first-order valence-electron chi connectivity index (χ1n) is 7.49. The van der Waals surface area contributed by atoms with Crippen LogP contribution >= 0.6 is 0 Å². The molecule has 0 aliphatic heterocycles. The van der Waals surface area contributed by atoms with E-state index in [9.17, 15) is 16.8 Å². The molecule has 0 atom stereocenters. The van der Waals surface area contributed by atoms with Gasteiger partial charge in [0.2, 0.25) is 10.0 Å². The lowest BCUT2D eigenvalue weighted by atomic mass is 10.2. The zero-order valence-corrected chi connectivity index (χ0v) is 14.7. The quantitative estimate of drug-likeness (QED) is 0.820. The molecular weight excluding hydrogens is 348 g/mol. The summed E-state index contributed by atoms with van der Waals surface area (Å²) in [5, 5.41) is 0. The molecule has 0 saturated heterocycles. The minimum Gasteiger partial charge on any atom is -0.278 e. The van der Waals surface area contributed by atoms with Crippen LogP contribution in [0, 0.1) is 6.92 Å². The average molecular weight is 366 g/mol. The molecule has 1 aliphatic rings. The number of hydrogen-bond donors (Lipinski definition) is 2. The zero-order chi connectivity index (χ0) is 17.4. The predicted octanol–water partition coefficient (Wildman–Crippen LogP) is 2.24. The Morgan fingerprint density at radius 1 is 0.875 bits per heavy atom. The van der Waals surface area contributed by atoms with Gasteiger partial charge in [-0.3, -0.25) is 4.72 Å². The minimum atomic E-state index is -3.87. The Morgan fingerprint density at radius 3 is 2.12 bits per heavy atom. The van der Waals surface area contributed by atoms with Gasteiger partial charge in [-0.15, -0.1) is 0 Å². The van der Waals surface area contributed by atoms with Crippen molar-refractivity contribution in [1.82, 2.24) is 4.72 Å². The lowest BCUT2D eigenvalue weighted by molar-refractivity contribution is 0.581. The van der Waals surface area contributed by atoms with Crippen molar-refractivity contribution in [3.05, 3.63) is 54.1 Å². The van der Waals surface area contributed by atoms with Gasteiger partial charge in [0.1, 0.15) is 4.90 Å². The molecule has 0 amide bonds. The Hall–Kier alpha value is -1.90. The van der Waals surface area contributed by atoms with Crippen molar-refractivity contribution in [2.45, 2.75) is 35.6 Å². The number of para-hydroxylation sites is 1. The molecule has 1 saturated carbocycles. The van der Waals surface area contributed by atoms with Crippen molar-refractivity contribution < 1.29 is 16.8 Å². The van der Waals surface area contributed by atoms with Gasteiger partial charge in [0, 0.05) is 6.04 Å². The minimum absolute atomic E-state index is 0.0335. The SMILES string of the molecule is Cc1ccc(S(=O)(=O)Nc2ccccc2S(=O)(=O)NC2CC2)cc1. The number of rotatable bonds is 6. The van der Waals surface area contributed by atoms with Crippen LogP contribution in [0.2, 0.25) is 0 Å². The Balaban J connectivity index is 1.94. The fourth-order valence-corrected chi connectivity index (χ4v) is 4.80. The van der Waals surface area contributed by atoms with Crippen LogP contribution in [0.25, 0.3) is 0 Å². The maximum absolute atomic E-state index is 12.5. The van der Waals surface area contributed by atoms with Crippen LogP contribution in [0.15, 0.2) is 58.3 Å². The van der Waals surface area contributed by atoms with E-state index in [4.69, 9.17) is 0 Å². The third kappa shape index (κ3) is 3.77. The van der Waals surface area contributed by atoms with E-state index in [0.29, 0.717) is 0 Å². The number of nitrogens with one attached hydrogen (secondary N) is 2. The molecule has 1 fully saturated rings. The third-order valence-electron chi connectivity index (χ3n) is 3.65. The fourth-order valence-electron chi connectivity index (χ4n) is 2.19. The van der Waals surface area contributed by atoms with Gasteiger partial charge in [-0.05, 0) is 44.0 Å². The number of hydrogen-bond acceptors (Lipinski definition) is 4. The van der Waals surface area contributed by atoms with E-state index in [1.807, 2.05) is 6.92 Å². The van der Waals surface area contributed by atoms with Gasteiger partial charge in [-0.2, -0.15) is 0 Å². The van der Waals surface area contributed by atoms with Gasteiger partial charge in [-0.1, -0.05) is 29.8 Å². The summed E-state index contributed by atoms with van der Waals surface area (Å²) < 4.78 is 54.8. The molecule has 0 unspecified atom stereocenters. The fraction of sp³-hybridized carbons (Fsp3) is 0.250. The Labute approximate surface area is 142 Å². The van der Waals surface area contributed by atoms with Gasteiger partial charge < -0.3 is 0 Å². The van der Waals surface area contributed by atoms with Crippen LogP contribution in [-0.2, 0) is 20.0 Å². The first-order chi connectivity index (χ1) is 11.3. The molecule has 2 aromatic rings. The molecule has 3 rings (SSSR count). The molecule has 0 heterocycles. The molecule has 0 aromatic heterocycles. The summed E-state index contributed by atoms with van der Waals surface area (Å²) in [5.74, 6) is 0. The maximum Gasteiger partial charge on any atom is 0.261 e. The summed E-state index contributed by atoms with van der Waals surface area (Å²) in [7, 11) is -7.63. The van der Waals surface area contributed by atoms with E-state index in [2.05, 4.69) is 9.44 Å². The van der Waals surface area contributed by atoms with Crippen molar-refractivity contribution in [3.63, 3.8) is 0 Å². The highest BCUT2D eigenvalue weighted by Crippen LogP contribution is 2.27. The molecule has 24 heavy (non-hydrogen) atoms. The summed E-state index contributed by atoms with van der Waals surface area (Å²) >= 11 is 0. The first kappa shape index (κ1) is 16.9. The van der Waals surface area contributed by atoms with E-state index in [1.165, 1.54) is 24.3 Å². The second kappa shape index (κ2) is 6.19. The Kier molecular flexibility index (Phi) is 4.37. The van der Waals surface area contributed by atoms with Crippen molar-refractivity contribution >= 4 is 25.7 Å². The van der Waals surface area contributed by atoms with Crippen molar-refractivity contribution in [2.75, 3.05) is 4.72 Å².